The number of nitrogens with zero attached hydrogens (tertiary/aromatic N) is 1. The van der Waals surface area contributed by atoms with Crippen LogP contribution in [0.3, 0.4) is 0 Å². The number of ether oxygens (including phenoxy) is 2. The number of carbonyl (C=O) groups is 2. The molecule has 0 aromatic carbocycles. The molecule has 1 atom stereocenters. The lowest BCUT2D eigenvalue weighted by Gasteiger charge is -2.23. The predicted octanol–water partition coefficient (Wildman–Crippen LogP) is 3.17. The number of rotatable bonds is 11. The first kappa shape index (κ1) is 21.2. The van der Waals surface area contributed by atoms with Gasteiger partial charge in [-0.15, -0.1) is 0 Å². The molecule has 0 aromatic heterocycles. The van der Waals surface area contributed by atoms with Crippen LogP contribution in [-0.2, 0) is 19.1 Å². The van der Waals surface area contributed by atoms with E-state index in [1.807, 2.05) is 20.8 Å². The van der Waals surface area contributed by atoms with Gasteiger partial charge >= 0.3 is 11.9 Å². The molecule has 0 N–H and O–H groups in total. The molecule has 0 bridgehead atoms. The molecule has 0 saturated heterocycles. The SMILES string of the molecule is CCCCOC(=O)CC(C(=O)OCCCC)C(=S)N(S)CC. The van der Waals surface area contributed by atoms with E-state index in [0.717, 1.165) is 25.7 Å². The highest BCUT2D eigenvalue weighted by Gasteiger charge is 2.30. The summed E-state index contributed by atoms with van der Waals surface area (Å²) in [6.07, 6.45) is 3.34. The van der Waals surface area contributed by atoms with Crippen LogP contribution < -0.4 is 0 Å². The first-order chi connectivity index (χ1) is 10.5. The van der Waals surface area contributed by atoms with Gasteiger partial charge in [-0.25, -0.2) is 0 Å². The number of unbranched alkanes of at least 4 members (excludes halogenated alkanes) is 2. The maximum atomic E-state index is 12.2. The number of hydrogen-bond donors (Lipinski definition) is 1. The number of carbonyl (C=O) groups excluding carboxylic acids is 2. The van der Waals surface area contributed by atoms with Gasteiger partial charge in [0.1, 0.15) is 10.9 Å². The monoisotopic (exact) mass is 349 g/mol. The third-order valence-corrected chi connectivity index (χ3v) is 4.15. The standard InChI is InChI=1S/C15H27NO4S2/c1-4-7-9-19-13(17)11-12(14(21)16(22)6-3)15(18)20-10-8-5-2/h12,22H,4-11H2,1-3H3. The molecule has 0 heterocycles. The molecule has 0 aliphatic rings. The van der Waals surface area contributed by atoms with Crippen molar-refractivity contribution in [3.05, 3.63) is 0 Å². The molecule has 128 valence electrons. The zero-order valence-corrected chi connectivity index (χ0v) is 15.4. The largest absolute Gasteiger partial charge is 0.466 e. The summed E-state index contributed by atoms with van der Waals surface area (Å²) in [5.74, 6) is -1.75. The van der Waals surface area contributed by atoms with Gasteiger partial charge in [0.05, 0.1) is 19.6 Å². The fraction of sp³-hybridized carbons (Fsp3) is 0.800. The number of thiocarbonyl (C=S) groups is 1. The lowest BCUT2D eigenvalue weighted by Crippen LogP contribution is -2.35. The molecule has 0 rings (SSSR count). The first-order valence-corrected chi connectivity index (χ1v) is 8.61. The van der Waals surface area contributed by atoms with Crippen LogP contribution in [-0.4, -0.2) is 41.0 Å². The average molecular weight is 350 g/mol. The van der Waals surface area contributed by atoms with Crippen LogP contribution in [0.1, 0.15) is 52.9 Å². The van der Waals surface area contributed by atoms with Crippen molar-refractivity contribution in [1.29, 1.82) is 0 Å². The molecular formula is C15H27NO4S2. The molecule has 5 nitrogen and oxygen atoms in total. The Kier molecular flexibility index (Phi) is 12.2. The second-order valence-corrected chi connectivity index (χ2v) is 5.81. The Hall–Kier alpha value is -0.820. The van der Waals surface area contributed by atoms with E-state index in [2.05, 4.69) is 12.8 Å². The van der Waals surface area contributed by atoms with Gasteiger partial charge in [-0.3, -0.25) is 9.59 Å². The van der Waals surface area contributed by atoms with Crippen molar-refractivity contribution in [2.45, 2.75) is 52.9 Å². The summed E-state index contributed by atoms with van der Waals surface area (Å²) in [5, 5.41) is 0. The summed E-state index contributed by atoms with van der Waals surface area (Å²) in [4.78, 5) is 24.3. The summed E-state index contributed by atoms with van der Waals surface area (Å²) in [6.45, 7) is 7.10. The Bertz CT molecular complexity index is 363. The highest BCUT2D eigenvalue weighted by molar-refractivity contribution is 7.84. The molecule has 1 unspecified atom stereocenters. The van der Waals surface area contributed by atoms with Crippen LogP contribution in [0.15, 0.2) is 0 Å². The van der Waals surface area contributed by atoms with Gasteiger partial charge in [0.15, 0.2) is 0 Å². The van der Waals surface area contributed by atoms with Crippen LogP contribution in [0.25, 0.3) is 0 Å². The van der Waals surface area contributed by atoms with Crippen LogP contribution in [0, 0.1) is 5.92 Å². The van der Waals surface area contributed by atoms with Crippen molar-refractivity contribution in [2.75, 3.05) is 19.8 Å². The van der Waals surface area contributed by atoms with E-state index < -0.39 is 17.9 Å². The van der Waals surface area contributed by atoms with Gasteiger partial charge in [-0.2, -0.15) is 0 Å². The minimum Gasteiger partial charge on any atom is -0.466 e. The van der Waals surface area contributed by atoms with Crippen molar-refractivity contribution in [3.8, 4) is 0 Å². The zero-order valence-electron chi connectivity index (χ0n) is 13.7. The van der Waals surface area contributed by atoms with Crippen LogP contribution >= 0.6 is 25.0 Å². The normalized spacial score (nSPS) is 11.6. The van der Waals surface area contributed by atoms with E-state index in [1.54, 1.807) is 0 Å². The van der Waals surface area contributed by atoms with E-state index in [-0.39, 0.29) is 6.42 Å². The van der Waals surface area contributed by atoms with E-state index in [1.165, 1.54) is 4.31 Å². The Balaban J connectivity index is 4.67. The van der Waals surface area contributed by atoms with Crippen molar-refractivity contribution in [3.63, 3.8) is 0 Å². The van der Waals surface area contributed by atoms with Crippen LogP contribution in [0.5, 0.6) is 0 Å². The molecule has 0 fully saturated rings. The summed E-state index contributed by atoms with van der Waals surface area (Å²) in [7, 11) is 0. The lowest BCUT2D eigenvalue weighted by atomic mass is 10.1. The average Bonchev–Trinajstić information content (AvgIpc) is 2.51. The summed E-state index contributed by atoms with van der Waals surface area (Å²) >= 11 is 9.46. The van der Waals surface area contributed by atoms with Gasteiger partial charge in [-0.1, -0.05) is 51.7 Å². The Labute approximate surface area is 144 Å². The van der Waals surface area contributed by atoms with E-state index >= 15 is 0 Å². The molecule has 0 aliphatic heterocycles. The summed E-state index contributed by atoms with van der Waals surface area (Å²) in [6, 6.07) is 0. The summed E-state index contributed by atoms with van der Waals surface area (Å²) in [5.41, 5.74) is 0. The molecule has 0 radical (unpaired) electrons. The molecule has 0 spiro atoms. The molecule has 0 aliphatic carbocycles. The fourth-order valence-corrected chi connectivity index (χ4v) is 2.03. The molecule has 0 saturated carbocycles. The van der Waals surface area contributed by atoms with Gasteiger partial charge in [0.2, 0.25) is 0 Å². The topological polar surface area (TPSA) is 55.8 Å². The number of thiol groups is 1. The van der Waals surface area contributed by atoms with Crippen molar-refractivity contribution >= 4 is 42.0 Å². The van der Waals surface area contributed by atoms with Crippen molar-refractivity contribution in [2.24, 2.45) is 5.92 Å². The predicted molar refractivity (Wildman–Crippen MR) is 93.8 cm³/mol. The Morgan fingerprint density at radius 1 is 1.09 bits per heavy atom. The quantitative estimate of drug-likeness (QED) is 0.268. The third kappa shape index (κ3) is 8.58. The second-order valence-electron chi connectivity index (χ2n) is 4.91. The van der Waals surface area contributed by atoms with Crippen molar-refractivity contribution < 1.29 is 19.1 Å². The van der Waals surface area contributed by atoms with E-state index in [0.29, 0.717) is 24.7 Å². The van der Waals surface area contributed by atoms with Gasteiger partial charge in [-0.05, 0) is 19.8 Å². The molecule has 22 heavy (non-hydrogen) atoms. The highest BCUT2D eigenvalue weighted by atomic mass is 32.1. The Morgan fingerprint density at radius 3 is 2.14 bits per heavy atom. The van der Waals surface area contributed by atoms with Gasteiger partial charge in [0, 0.05) is 6.54 Å². The minimum atomic E-state index is -0.821. The van der Waals surface area contributed by atoms with Crippen LogP contribution in [0.4, 0.5) is 0 Å². The van der Waals surface area contributed by atoms with Crippen molar-refractivity contribution in [1.82, 2.24) is 4.31 Å². The first-order valence-electron chi connectivity index (χ1n) is 7.80. The second kappa shape index (κ2) is 12.7. The maximum absolute atomic E-state index is 12.2. The smallest absolute Gasteiger partial charge is 0.316 e. The van der Waals surface area contributed by atoms with E-state index in [9.17, 15) is 9.59 Å². The molecule has 7 heteroatoms. The fourth-order valence-electron chi connectivity index (χ4n) is 1.58. The molecule has 0 aromatic rings. The molecular weight excluding hydrogens is 322 g/mol. The lowest BCUT2D eigenvalue weighted by molar-refractivity contribution is -0.153. The van der Waals surface area contributed by atoms with Gasteiger partial charge in [0.25, 0.3) is 0 Å². The van der Waals surface area contributed by atoms with Crippen LogP contribution in [0.2, 0.25) is 0 Å². The minimum absolute atomic E-state index is 0.107. The van der Waals surface area contributed by atoms with Gasteiger partial charge < -0.3 is 13.8 Å². The zero-order chi connectivity index (χ0) is 17.0. The maximum Gasteiger partial charge on any atom is 0.316 e. The third-order valence-electron chi connectivity index (χ3n) is 3.01. The summed E-state index contributed by atoms with van der Waals surface area (Å²) < 4.78 is 11.8. The number of hydrogen-bond acceptors (Lipinski definition) is 6. The van der Waals surface area contributed by atoms with E-state index in [4.69, 9.17) is 21.7 Å². The highest BCUT2D eigenvalue weighted by Crippen LogP contribution is 2.16. The Morgan fingerprint density at radius 2 is 1.64 bits per heavy atom. The number of esters is 2. The molecule has 0 amide bonds.